The molecule has 1 saturated heterocycles. The van der Waals surface area contributed by atoms with Crippen LogP contribution in [0.25, 0.3) is 10.4 Å². The zero-order chi connectivity index (χ0) is 24.8. The van der Waals surface area contributed by atoms with E-state index >= 15 is 0 Å². The third-order valence-corrected chi connectivity index (χ3v) is 7.12. The molecular formula is C24H32N4O5S. The van der Waals surface area contributed by atoms with Crippen LogP contribution in [0.2, 0.25) is 0 Å². The van der Waals surface area contributed by atoms with Gasteiger partial charge in [0.05, 0.1) is 35.2 Å². The van der Waals surface area contributed by atoms with E-state index in [9.17, 15) is 19.5 Å². The van der Waals surface area contributed by atoms with Crippen LogP contribution in [0.4, 0.5) is 0 Å². The van der Waals surface area contributed by atoms with Crippen molar-refractivity contribution in [3.63, 3.8) is 0 Å². The second kappa shape index (κ2) is 11.5. The second-order valence-electron chi connectivity index (χ2n) is 8.50. The molecule has 0 radical (unpaired) electrons. The molecule has 0 spiro atoms. The normalized spacial score (nSPS) is 18.6. The van der Waals surface area contributed by atoms with E-state index in [0.29, 0.717) is 6.54 Å². The van der Waals surface area contributed by atoms with Crippen LogP contribution in [0.3, 0.4) is 0 Å². The zero-order valence-electron chi connectivity index (χ0n) is 20.0. The monoisotopic (exact) mass is 488 g/mol. The van der Waals surface area contributed by atoms with Gasteiger partial charge in [0.15, 0.2) is 0 Å². The standard InChI is InChI=1S/C24H32N4O5S/c1-15-22(34-14-26-15)18-7-5-17(6-8-18)12-25-23(31)20-11-19(29)13-28(20)24(32)16(2)27(3)21(30)9-10-33-4/h5-8,14,16,19-20,29H,9-13H2,1-4H3,(H,25,31)/t16-,19+,20?/m0/s1. The van der Waals surface area contributed by atoms with Gasteiger partial charge in [0.25, 0.3) is 0 Å². The summed E-state index contributed by atoms with van der Waals surface area (Å²) in [5, 5.41) is 13.0. The van der Waals surface area contributed by atoms with Gasteiger partial charge < -0.3 is 25.0 Å². The van der Waals surface area contributed by atoms with Gasteiger partial charge in [-0.15, -0.1) is 11.3 Å². The minimum atomic E-state index is -0.789. The molecule has 10 heteroatoms. The number of aliphatic hydroxyl groups is 1. The van der Waals surface area contributed by atoms with Crippen LogP contribution in [0.15, 0.2) is 29.8 Å². The first-order valence-electron chi connectivity index (χ1n) is 11.2. The number of aromatic nitrogens is 1. The highest BCUT2D eigenvalue weighted by molar-refractivity contribution is 7.13. The number of ether oxygens (including phenoxy) is 1. The SMILES string of the molecule is COCCC(=O)N(C)[C@@H](C)C(=O)N1C[C@H](O)CC1C(=O)NCc1ccc(-c2scnc2C)cc1. The molecule has 2 heterocycles. The predicted octanol–water partition coefficient (Wildman–Crippen LogP) is 1.58. The van der Waals surface area contributed by atoms with E-state index in [-0.39, 0.29) is 43.7 Å². The molecule has 3 atom stereocenters. The number of aliphatic hydroxyl groups excluding tert-OH is 1. The molecule has 1 aromatic carbocycles. The zero-order valence-corrected chi connectivity index (χ0v) is 20.8. The molecule has 3 rings (SSSR count). The lowest BCUT2D eigenvalue weighted by molar-refractivity contribution is -0.147. The molecule has 0 bridgehead atoms. The van der Waals surface area contributed by atoms with Crippen LogP contribution in [0, 0.1) is 6.92 Å². The number of amides is 3. The highest BCUT2D eigenvalue weighted by Crippen LogP contribution is 2.27. The molecule has 2 aromatic rings. The largest absolute Gasteiger partial charge is 0.391 e. The Hall–Kier alpha value is -2.82. The van der Waals surface area contributed by atoms with E-state index in [1.165, 1.54) is 16.9 Å². The molecule has 1 unspecified atom stereocenters. The van der Waals surface area contributed by atoms with Crippen molar-refractivity contribution in [1.82, 2.24) is 20.1 Å². The highest BCUT2D eigenvalue weighted by atomic mass is 32.1. The maximum Gasteiger partial charge on any atom is 0.245 e. The molecular weight excluding hydrogens is 456 g/mol. The average Bonchev–Trinajstić information content (AvgIpc) is 3.45. The maximum absolute atomic E-state index is 13.1. The number of rotatable bonds is 9. The van der Waals surface area contributed by atoms with Crippen molar-refractivity contribution >= 4 is 29.1 Å². The number of aryl methyl sites for hydroxylation is 1. The lowest BCUT2D eigenvalue weighted by Gasteiger charge is -2.31. The Morgan fingerprint density at radius 3 is 2.65 bits per heavy atom. The van der Waals surface area contributed by atoms with E-state index in [1.807, 2.05) is 36.7 Å². The number of β-amino-alcohol motifs (C(OH)–C–C–N with tert-alkyl or cyclic N) is 1. The number of carbonyl (C=O) groups is 3. The summed E-state index contributed by atoms with van der Waals surface area (Å²) in [5.41, 5.74) is 4.79. The summed E-state index contributed by atoms with van der Waals surface area (Å²) in [7, 11) is 3.06. The maximum atomic E-state index is 13.1. The molecule has 1 aromatic heterocycles. The van der Waals surface area contributed by atoms with Gasteiger partial charge in [-0.05, 0) is 25.0 Å². The summed E-state index contributed by atoms with van der Waals surface area (Å²) < 4.78 is 4.93. The summed E-state index contributed by atoms with van der Waals surface area (Å²) in [5.74, 6) is -0.914. The Bertz CT molecular complexity index is 1010. The van der Waals surface area contributed by atoms with Gasteiger partial charge in [-0.1, -0.05) is 24.3 Å². The van der Waals surface area contributed by atoms with Crippen LogP contribution in [-0.4, -0.2) is 83.1 Å². The second-order valence-corrected chi connectivity index (χ2v) is 9.36. The fraction of sp³-hybridized carbons (Fsp3) is 0.500. The van der Waals surface area contributed by atoms with Crippen molar-refractivity contribution in [2.24, 2.45) is 0 Å². The van der Waals surface area contributed by atoms with Crippen molar-refractivity contribution in [1.29, 1.82) is 0 Å². The summed E-state index contributed by atoms with van der Waals surface area (Å²) in [6.07, 6.45) is -0.461. The first kappa shape index (κ1) is 25.8. The molecule has 9 nitrogen and oxygen atoms in total. The molecule has 3 amide bonds. The Kier molecular flexibility index (Phi) is 8.76. The van der Waals surface area contributed by atoms with Crippen molar-refractivity contribution < 1.29 is 24.2 Å². The fourth-order valence-electron chi connectivity index (χ4n) is 3.95. The van der Waals surface area contributed by atoms with E-state index in [4.69, 9.17) is 4.74 Å². The first-order chi connectivity index (χ1) is 16.2. The van der Waals surface area contributed by atoms with Crippen molar-refractivity contribution in [3.05, 3.63) is 41.0 Å². The Labute approximate surface area is 203 Å². The summed E-state index contributed by atoms with van der Waals surface area (Å²) >= 11 is 1.58. The van der Waals surface area contributed by atoms with Crippen molar-refractivity contribution in [2.75, 3.05) is 27.3 Å². The Balaban J connectivity index is 1.60. The lowest BCUT2D eigenvalue weighted by Crippen LogP contribution is -2.53. The molecule has 34 heavy (non-hydrogen) atoms. The minimum absolute atomic E-state index is 0.0598. The summed E-state index contributed by atoms with van der Waals surface area (Å²) in [6.45, 7) is 4.23. The van der Waals surface area contributed by atoms with Crippen LogP contribution in [0.1, 0.15) is 31.0 Å². The highest BCUT2D eigenvalue weighted by Gasteiger charge is 2.41. The average molecular weight is 489 g/mol. The van der Waals surface area contributed by atoms with E-state index in [0.717, 1.165) is 21.7 Å². The van der Waals surface area contributed by atoms with Crippen LogP contribution < -0.4 is 5.32 Å². The van der Waals surface area contributed by atoms with Gasteiger partial charge in [-0.3, -0.25) is 14.4 Å². The molecule has 0 saturated carbocycles. The van der Waals surface area contributed by atoms with Gasteiger partial charge in [-0.2, -0.15) is 0 Å². The lowest BCUT2D eigenvalue weighted by atomic mass is 10.1. The Morgan fingerprint density at radius 2 is 2.03 bits per heavy atom. The minimum Gasteiger partial charge on any atom is -0.391 e. The number of nitrogens with zero attached hydrogens (tertiary/aromatic N) is 3. The number of likely N-dealkylation sites (tertiary alicyclic amines) is 1. The number of thiazole rings is 1. The fourth-order valence-corrected chi connectivity index (χ4v) is 4.76. The van der Waals surface area contributed by atoms with E-state index < -0.39 is 18.2 Å². The number of likely N-dealkylation sites (N-methyl/N-ethyl adjacent to an activating group) is 1. The number of carbonyl (C=O) groups excluding carboxylic acids is 3. The quantitative estimate of drug-likeness (QED) is 0.554. The van der Waals surface area contributed by atoms with Gasteiger partial charge in [0.1, 0.15) is 12.1 Å². The van der Waals surface area contributed by atoms with Crippen LogP contribution in [0.5, 0.6) is 0 Å². The topological polar surface area (TPSA) is 112 Å². The van der Waals surface area contributed by atoms with E-state index in [2.05, 4.69) is 10.3 Å². The third-order valence-electron chi connectivity index (χ3n) is 6.14. The predicted molar refractivity (Wildman–Crippen MR) is 129 cm³/mol. The third kappa shape index (κ3) is 5.99. The van der Waals surface area contributed by atoms with Gasteiger partial charge in [0.2, 0.25) is 17.7 Å². The van der Waals surface area contributed by atoms with Gasteiger partial charge in [-0.25, -0.2) is 4.98 Å². The molecule has 1 aliphatic rings. The van der Waals surface area contributed by atoms with Crippen LogP contribution in [-0.2, 0) is 25.7 Å². The van der Waals surface area contributed by atoms with Gasteiger partial charge in [0, 0.05) is 33.7 Å². The summed E-state index contributed by atoms with van der Waals surface area (Å²) in [6, 6.07) is 6.34. The van der Waals surface area contributed by atoms with Gasteiger partial charge >= 0.3 is 0 Å². The smallest absolute Gasteiger partial charge is 0.245 e. The van der Waals surface area contributed by atoms with Crippen molar-refractivity contribution in [2.45, 2.75) is 51.4 Å². The first-order valence-corrected chi connectivity index (χ1v) is 12.1. The molecule has 184 valence electrons. The number of hydrogen-bond acceptors (Lipinski definition) is 7. The Morgan fingerprint density at radius 1 is 1.32 bits per heavy atom. The molecule has 1 fully saturated rings. The van der Waals surface area contributed by atoms with E-state index in [1.54, 1.807) is 25.3 Å². The number of benzene rings is 1. The molecule has 0 aliphatic carbocycles. The molecule has 1 aliphatic heterocycles. The molecule has 2 N–H and O–H groups in total. The number of methoxy groups -OCH3 is 1. The number of nitrogens with one attached hydrogen (secondary N) is 1. The van der Waals surface area contributed by atoms with Crippen molar-refractivity contribution in [3.8, 4) is 10.4 Å². The van der Waals surface area contributed by atoms with Crippen LogP contribution >= 0.6 is 11.3 Å². The number of hydrogen-bond donors (Lipinski definition) is 2. The summed E-state index contributed by atoms with van der Waals surface area (Å²) in [4.78, 5) is 46.4.